The third-order valence-electron chi connectivity index (χ3n) is 4.84. The average Bonchev–Trinajstić information content (AvgIpc) is 2.77. The predicted molar refractivity (Wildman–Crippen MR) is 131 cm³/mol. The van der Waals surface area contributed by atoms with Gasteiger partial charge in [-0.05, 0) is 73.0 Å². The molecule has 3 rings (SSSR count). The van der Waals surface area contributed by atoms with Gasteiger partial charge in [0.25, 0.3) is 10.0 Å². The minimum Gasteiger partial charge on any atom is -0.325 e. The van der Waals surface area contributed by atoms with Crippen molar-refractivity contribution in [2.75, 3.05) is 16.2 Å². The first-order valence-electron chi connectivity index (χ1n) is 10.2. The standard InChI is InChI=1S/C24H24Cl2N2O3S/c1-2-3-5-18-8-12-21(13-9-18)27-24(29)17-28(22-7-4-6-20(26)16-22)32(30,31)23-14-10-19(25)11-15-23/h4,6-16H,2-3,5,17H2,1H3,(H,27,29). The van der Waals surface area contributed by atoms with Gasteiger partial charge in [0.05, 0.1) is 10.6 Å². The van der Waals surface area contributed by atoms with Gasteiger partial charge in [-0.2, -0.15) is 0 Å². The van der Waals surface area contributed by atoms with E-state index < -0.39 is 22.5 Å². The van der Waals surface area contributed by atoms with Gasteiger partial charge >= 0.3 is 0 Å². The molecule has 0 radical (unpaired) electrons. The van der Waals surface area contributed by atoms with E-state index in [2.05, 4.69) is 12.2 Å². The van der Waals surface area contributed by atoms with Gasteiger partial charge in [0.2, 0.25) is 5.91 Å². The highest BCUT2D eigenvalue weighted by Gasteiger charge is 2.27. The zero-order chi connectivity index (χ0) is 23.1. The number of unbranched alkanes of at least 4 members (excludes halogenated alkanes) is 1. The first-order valence-corrected chi connectivity index (χ1v) is 12.4. The van der Waals surface area contributed by atoms with Gasteiger partial charge in [0, 0.05) is 15.7 Å². The van der Waals surface area contributed by atoms with Crippen molar-refractivity contribution in [3.63, 3.8) is 0 Å². The monoisotopic (exact) mass is 490 g/mol. The molecular weight excluding hydrogens is 467 g/mol. The van der Waals surface area contributed by atoms with Gasteiger partial charge in [0.1, 0.15) is 6.54 Å². The van der Waals surface area contributed by atoms with Crippen LogP contribution >= 0.6 is 23.2 Å². The largest absolute Gasteiger partial charge is 0.325 e. The van der Waals surface area contributed by atoms with Crippen LogP contribution < -0.4 is 9.62 Å². The van der Waals surface area contributed by atoms with E-state index in [1.54, 1.807) is 18.2 Å². The summed E-state index contributed by atoms with van der Waals surface area (Å²) in [5.74, 6) is -0.469. The molecule has 168 valence electrons. The first kappa shape index (κ1) is 24.1. The summed E-state index contributed by atoms with van der Waals surface area (Å²) in [5, 5.41) is 3.55. The molecule has 0 heterocycles. The van der Waals surface area contributed by atoms with Gasteiger partial charge in [-0.25, -0.2) is 8.42 Å². The Morgan fingerprint density at radius 3 is 2.25 bits per heavy atom. The minimum atomic E-state index is -4.04. The van der Waals surface area contributed by atoms with E-state index in [-0.39, 0.29) is 10.6 Å². The Labute approximate surface area is 199 Å². The number of carbonyl (C=O) groups is 1. The van der Waals surface area contributed by atoms with Crippen molar-refractivity contribution in [3.05, 3.63) is 88.4 Å². The Morgan fingerprint density at radius 2 is 1.62 bits per heavy atom. The molecule has 0 saturated carbocycles. The molecule has 0 atom stereocenters. The van der Waals surface area contributed by atoms with Crippen LogP contribution in [0, 0.1) is 0 Å². The van der Waals surface area contributed by atoms with Crippen LogP contribution in [0.1, 0.15) is 25.3 Å². The molecular formula is C24H24Cl2N2O3S. The fraction of sp³-hybridized carbons (Fsp3) is 0.208. The lowest BCUT2D eigenvalue weighted by Gasteiger charge is -2.24. The van der Waals surface area contributed by atoms with E-state index in [1.807, 2.05) is 24.3 Å². The number of carbonyl (C=O) groups excluding carboxylic acids is 1. The number of hydrogen-bond donors (Lipinski definition) is 1. The molecule has 5 nitrogen and oxygen atoms in total. The number of sulfonamides is 1. The summed E-state index contributed by atoms with van der Waals surface area (Å²) >= 11 is 12.0. The van der Waals surface area contributed by atoms with Gasteiger partial charge in [-0.15, -0.1) is 0 Å². The van der Waals surface area contributed by atoms with Crippen molar-refractivity contribution >= 4 is 50.5 Å². The van der Waals surface area contributed by atoms with Crippen LogP contribution in [0.4, 0.5) is 11.4 Å². The van der Waals surface area contributed by atoms with E-state index in [0.717, 1.165) is 23.6 Å². The number of hydrogen-bond acceptors (Lipinski definition) is 3. The van der Waals surface area contributed by atoms with Crippen LogP contribution in [0.3, 0.4) is 0 Å². The molecule has 0 aliphatic carbocycles. The van der Waals surface area contributed by atoms with E-state index in [9.17, 15) is 13.2 Å². The van der Waals surface area contributed by atoms with Crippen molar-refractivity contribution in [3.8, 4) is 0 Å². The zero-order valence-electron chi connectivity index (χ0n) is 17.6. The third-order valence-corrected chi connectivity index (χ3v) is 7.12. The molecule has 32 heavy (non-hydrogen) atoms. The molecule has 0 aliphatic rings. The smallest absolute Gasteiger partial charge is 0.264 e. The van der Waals surface area contributed by atoms with Crippen LogP contribution in [0.15, 0.2) is 77.7 Å². The number of aryl methyl sites for hydroxylation is 1. The fourth-order valence-corrected chi connectivity index (χ4v) is 4.87. The Morgan fingerprint density at radius 1 is 0.938 bits per heavy atom. The van der Waals surface area contributed by atoms with Crippen molar-refractivity contribution in [2.45, 2.75) is 31.1 Å². The Kier molecular flexibility index (Phi) is 8.18. The summed E-state index contributed by atoms with van der Waals surface area (Å²) in [6.07, 6.45) is 3.19. The van der Waals surface area contributed by atoms with Crippen molar-refractivity contribution in [2.24, 2.45) is 0 Å². The molecule has 3 aromatic carbocycles. The van der Waals surface area contributed by atoms with Crippen LogP contribution in [-0.2, 0) is 21.2 Å². The number of rotatable bonds is 9. The maximum absolute atomic E-state index is 13.3. The number of anilines is 2. The molecule has 0 unspecified atom stereocenters. The summed E-state index contributed by atoms with van der Waals surface area (Å²) in [7, 11) is -4.04. The molecule has 0 bridgehead atoms. The number of benzene rings is 3. The average molecular weight is 491 g/mol. The zero-order valence-corrected chi connectivity index (χ0v) is 19.9. The van der Waals surface area contributed by atoms with Crippen LogP contribution in [0.2, 0.25) is 10.0 Å². The summed E-state index contributed by atoms with van der Waals surface area (Å²) in [4.78, 5) is 12.8. The third kappa shape index (κ3) is 6.25. The lowest BCUT2D eigenvalue weighted by Crippen LogP contribution is -2.38. The van der Waals surface area contributed by atoms with E-state index >= 15 is 0 Å². The summed E-state index contributed by atoms with van der Waals surface area (Å²) in [6.45, 7) is 1.72. The van der Waals surface area contributed by atoms with Gasteiger partial charge < -0.3 is 5.32 Å². The quantitative estimate of drug-likeness (QED) is 0.389. The highest BCUT2D eigenvalue weighted by Crippen LogP contribution is 2.27. The van der Waals surface area contributed by atoms with Gasteiger partial charge in [-0.3, -0.25) is 9.10 Å². The maximum Gasteiger partial charge on any atom is 0.264 e. The highest BCUT2D eigenvalue weighted by molar-refractivity contribution is 7.92. The lowest BCUT2D eigenvalue weighted by molar-refractivity contribution is -0.114. The number of nitrogens with one attached hydrogen (secondary N) is 1. The molecule has 3 aromatic rings. The molecule has 1 N–H and O–H groups in total. The van der Waals surface area contributed by atoms with Crippen LogP contribution in [0.25, 0.3) is 0 Å². The number of nitrogens with zero attached hydrogens (tertiary/aromatic N) is 1. The minimum absolute atomic E-state index is 0.0231. The molecule has 0 aromatic heterocycles. The lowest BCUT2D eigenvalue weighted by atomic mass is 10.1. The molecule has 1 amide bonds. The fourth-order valence-electron chi connectivity index (χ4n) is 3.15. The second-order valence-corrected chi connectivity index (χ2v) is 10.0. The Hall–Kier alpha value is -2.54. The summed E-state index contributed by atoms with van der Waals surface area (Å²) in [6, 6.07) is 19.7. The second-order valence-electron chi connectivity index (χ2n) is 7.29. The number of amides is 1. The summed E-state index contributed by atoms with van der Waals surface area (Å²) in [5.41, 5.74) is 2.08. The molecule has 0 fully saturated rings. The maximum atomic E-state index is 13.3. The highest BCUT2D eigenvalue weighted by atomic mass is 35.5. The van der Waals surface area contributed by atoms with Gasteiger partial charge in [-0.1, -0.05) is 54.7 Å². The van der Waals surface area contributed by atoms with Crippen molar-refractivity contribution in [1.29, 1.82) is 0 Å². The van der Waals surface area contributed by atoms with Crippen LogP contribution in [-0.4, -0.2) is 20.9 Å². The first-order chi connectivity index (χ1) is 15.3. The van der Waals surface area contributed by atoms with Gasteiger partial charge in [0.15, 0.2) is 0 Å². The predicted octanol–water partition coefficient (Wildman–Crippen LogP) is 6.17. The molecule has 0 spiro atoms. The second kappa shape index (κ2) is 10.9. The normalized spacial score (nSPS) is 11.2. The molecule has 0 aliphatic heterocycles. The Balaban J connectivity index is 1.84. The Bertz CT molecular complexity index is 1160. The van der Waals surface area contributed by atoms with Crippen molar-refractivity contribution < 1.29 is 13.2 Å². The molecule has 8 heteroatoms. The van der Waals surface area contributed by atoms with Crippen molar-refractivity contribution in [1.82, 2.24) is 0 Å². The van der Waals surface area contributed by atoms with Crippen LogP contribution in [0.5, 0.6) is 0 Å². The summed E-state index contributed by atoms with van der Waals surface area (Å²) < 4.78 is 27.7. The van der Waals surface area contributed by atoms with E-state index in [1.165, 1.54) is 35.9 Å². The SMILES string of the molecule is CCCCc1ccc(NC(=O)CN(c2cccc(Cl)c2)S(=O)(=O)c2ccc(Cl)cc2)cc1. The van der Waals surface area contributed by atoms with E-state index in [4.69, 9.17) is 23.2 Å². The number of halogens is 2. The topological polar surface area (TPSA) is 66.5 Å². The molecule has 0 saturated heterocycles. The van der Waals surface area contributed by atoms with E-state index in [0.29, 0.717) is 15.7 Å².